The lowest BCUT2D eigenvalue weighted by Crippen LogP contribution is -1.98. The van der Waals surface area contributed by atoms with Crippen LogP contribution >= 0.6 is 11.8 Å². The van der Waals surface area contributed by atoms with Crippen LogP contribution in [-0.2, 0) is 0 Å². The average Bonchev–Trinajstić information content (AvgIpc) is 2.81. The number of nitrogen functional groups attached to an aromatic ring is 1. The fraction of sp³-hybridized carbons (Fsp3) is 0.0769. The van der Waals surface area contributed by atoms with Crippen LogP contribution in [0.5, 0.6) is 5.75 Å². The minimum atomic E-state index is 0.344. The zero-order valence-corrected chi connectivity index (χ0v) is 11.1. The van der Waals surface area contributed by atoms with Crippen molar-refractivity contribution in [3.8, 4) is 5.75 Å². The topological polar surface area (TPSA) is 76.8 Å². The molecule has 3 aromatic rings. The van der Waals surface area contributed by atoms with E-state index in [1.54, 1.807) is 7.11 Å². The molecule has 0 aliphatic heterocycles. The van der Waals surface area contributed by atoms with Gasteiger partial charge in [-0.3, -0.25) is 0 Å². The van der Waals surface area contributed by atoms with Gasteiger partial charge in [0.05, 0.1) is 12.1 Å². The van der Waals surface area contributed by atoms with Crippen LogP contribution in [0, 0.1) is 0 Å². The van der Waals surface area contributed by atoms with Gasteiger partial charge in [0.15, 0.2) is 11.6 Å². The van der Waals surface area contributed by atoms with Crippen molar-refractivity contribution in [1.82, 2.24) is 15.0 Å². The summed E-state index contributed by atoms with van der Waals surface area (Å²) in [5.74, 6) is 0.849. The molecule has 3 N–H and O–H groups in total. The highest BCUT2D eigenvalue weighted by atomic mass is 32.2. The predicted octanol–water partition coefficient (Wildman–Crippen LogP) is 2.70. The van der Waals surface area contributed by atoms with E-state index in [4.69, 9.17) is 10.5 Å². The van der Waals surface area contributed by atoms with E-state index in [-0.39, 0.29) is 0 Å². The van der Waals surface area contributed by atoms with Crippen molar-refractivity contribution < 1.29 is 4.74 Å². The number of hydrogen-bond acceptors (Lipinski definition) is 5. The van der Waals surface area contributed by atoms with Crippen LogP contribution < -0.4 is 10.5 Å². The summed E-state index contributed by atoms with van der Waals surface area (Å²) in [5.41, 5.74) is 6.85. The van der Waals surface area contributed by atoms with Gasteiger partial charge in [0.25, 0.3) is 0 Å². The third kappa shape index (κ3) is 2.22. The zero-order valence-electron chi connectivity index (χ0n) is 10.3. The summed E-state index contributed by atoms with van der Waals surface area (Å²) in [6, 6.07) is 10.2. The number of nitrogens with one attached hydrogen (secondary N) is 1. The van der Waals surface area contributed by atoms with Crippen molar-refractivity contribution in [2.24, 2.45) is 0 Å². The molecule has 0 spiro atoms. The number of ether oxygens (including phenoxy) is 1. The minimum absolute atomic E-state index is 0.344. The Labute approximate surface area is 114 Å². The first-order valence-electron chi connectivity index (χ1n) is 5.68. The van der Waals surface area contributed by atoms with Crippen molar-refractivity contribution in [3.63, 3.8) is 0 Å². The first-order chi connectivity index (χ1) is 9.28. The van der Waals surface area contributed by atoms with E-state index in [0.717, 1.165) is 15.9 Å². The maximum atomic E-state index is 5.76. The second kappa shape index (κ2) is 4.81. The maximum Gasteiger partial charge on any atom is 0.193 e. The normalized spacial score (nSPS) is 10.8. The number of nitrogens with two attached hydrogens (primary N) is 1. The number of nitrogens with zero attached hydrogens (tertiary/aromatic N) is 2. The van der Waals surface area contributed by atoms with Crippen LogP contribution in [0.2, 0.25) is 0 Å². The Balaban J connectivity index is 1.99. The van der Waals surface area contributed by atoms with Crippen LogP contribution in [0.15, 0.2) is 46.7 Å². The van der Waals surface area contributed by atoms with Crippen LogP contribution in [0.25, 0.3) is 10.9 Å². The van der Waals surface area contributed by atoms with Gasteiger partial charge in [-0.25, -0.2) is 9.97 Å². The molecular weight excluding hydrogens is 260 g/mol. The minimum Gasteiger partial charge on any atom is -0.490 e. The van der Waals surface area contributed by atoms with Gasteiger partial charge in [-0.15, -0.1) is 0 Å². The monoisotopic (exact) mass is 272 g/mol. The molecule has 3 rings (SSSR count). The first kappa shape index (κ1) is 11.9. The van der Waals surface area contributed by atoms with Gasteiger partial charge in [0, 0.05) is 10.9 Å². The Hall–Kier alpha value is -2.21. The van der Waals surface area contributed by atoms with Crippen LogP contribution in [0.4, 0.5) is 5.82 Å². The molecule has 0 fully saturated rings. The van der Waals surface area contributed by atoms with Crippen molar-refractivity contribution in [2.45, 2.75) is 10.1 Å². The van der Waals surface area contributed by atoms with E-state index in [9.17, 15) is 0 Å². The molecule has 1 aromatic carbocycles. The molecule has 0 bridgehead atoms. The third-order valence-corrected chi connectivity index (χ3v) is 3.64. The van der Waals surface area contributed by atoms with Crippen molar-refractivity contribution in [3.05, 3.63) is 36.7 Å². The number of fused-ring (bicyclic) bond motifs is 1. The summed E-state index contributed by atoms with van der Waals surface area (Å²) in [7, 11) is 1.56. The Morgan fingerprint density at radius 2 is 2.11 bits per heavy atom. The highest BCUT2D eigenvalue weighted by molar-refractivity contribution is 7.99. The lowest BCUT2D eigenvalue weighted by molar-refractivity contribution is 0.401. The molecule has 2 aromatic heterocycles. The van der Waals surface area contributed by atoms with Gasteiger partial charge >= 0.3 is 0 Å². The summed E-state index contributed by atoms with van der Waals surface area (Å²) in [4.78, 5) is 11.4. The van der Waals surface area contributed by atoms with E-state index < -0.39 is 0 Å². The predicted molar refractivity (Wildman–Crippen MR) is 75.4 cm³/mol. The van der Waals surface area contributed by atoms with Crippen molar-refractivity contribution in [1.29, 1.82) is 0 Å². The molecule has 0 amide bonds. The Morgan fingerprint density at radius 1 is 1.26 bits per heavy atom. The van der Waals surface area contributed by atoms with Crippen molar-refractivity contribution in [2.75, 3.05) is 12.8 Å². The molecule has 19 heavy (non-hydrogen) atoms. The largest absolute Gasteiger partial charge is 0.490 e. The smallest absolute Gasteiger partial charge is 0.193 e. The van der Waals surface area contributed by atoms with Crippen LogP contribution in [0.3, 0.4) is 0 Å². The van der Waals surface area contributed by atoms with E-state index in [1.165, 1.54) is 18.1 Å². The molecule has 5 nitrogen and oxygen atoms in total. The van der Waals surface area contributed by atoms with Gasteiger partial charge in [0.2, 0.25) is 0 Å². The second-order valence-electron chi connectivity index (χ2n) is 3.92. The first-order valence-corrected chi connectivity index (χ1v) is 6.49. The summed E-state index contributed by atoms with van der Waals surface area (Å²) in [5, 5.41) is 2.84. The number of methoxy groups -OCH3 is 1. The van der Waals surface area contributed by atoms with Crippen LogP contribution in [0.1, 0.15) is 0 Å². The Bertz CT molecular complexity index is 692. The average molecular weight is 272 g/mol. The number of aromatic amines is 1. The van der Waals surface area contributed by atoms with E-state index in [1.807, 2.05) is 18.2 Å². The van der Waals surface area contributed by atoms with E-state index in [0.29, 0.717) is 16.6 Å². The Kier molecular flexibility index (Phi) is 3.00. The van der Waals surface area contributed by atoms with Gasteiger partial charge in [-0.2, -0.15) is 0 Å². The molecule has 0 radical (unpaired) electrons. The van der Waals surface area contributed by atoms with Gasteiger partial charge in [0.1, 0.15) is 11.4 Å². The lowest BCUT2D eigenvalue weighted by atomic mass is 10.3. The standard InChI is InChI=1S/C13H12N4OS/c1-18-11-12(14)15-7-16-13(11)19-10-6-8-4-2-3-5-9(8)17-10/h2-7,17H,1H3,(H2,14,15,16). The number of hydrogen-bond donors (Lipinski definition) is 2. The molecule has 0 aliphatic rings. The molecule has 96 valence electrons. The van der Waals surface area contributed by atoms with Gasteiger partial charge < -0.3 is 15.5 Å². The molecule has 0 unspecified atom stereocenters. The number of rotatable bonds is 3. The van der Waals surface area contributed by atoms with E-state index in [2.05, 4.69) is 27.1 Å². The number of H-pyrrole nitrogens is 1. The van der Waals surface area contributed by atoms with Crippen molar-refractivity contribution >= 4 is 28.5 Å². The van der Waals surface area contributed by atoms with Gasteiger partial charge in [-0.1, -0.05) is 18.2 Å². The zero-order chi connectivity index (χ0) is 13.2. The van der Waals surface area contributed by atoms with Crippen LogP contribution in [-0.4, -0.2) is 22.1 Å². The number of para-hydroxylation sites is 1. The lowest BCUT2D eigenvalue weighted by Gasteiger charge is -2.07. The molecule has 2 heterocycles. The molecule has 6 heteroatoms. The highest BCUT2D eigenvalue weighted by Crippen LogP contribution is 2.36. The summed E-state index contributed by atoms with van der Waals surface area (Å²) >= 11 is 1.47. The third-order valence-electron chi connectivity index (χ3n) is 2.71. The van der Waals surface area contributed by atoms with E-state index >= 15 is 0 Å². The number of benzene rings is 1. The Morgan fingerprint density at radius 3 is 2.89 bits per heavy atom. The molecule has 0 aliphatic carbocycles. The second-order valence-corrected chi connectivity index (χ2v) is 4.95. The SMILES string of the molecule is COc1c(N)ncnc1Sc1cc2ccccc2[nH]1. The molecular formula is C13H12N4OS. The highest BCUT2D eigenvalue weighted by Gasteiger charge is 2.12. The maximum absolute atomic E-state index is 5.76. The number of aromatic nitrogens is 3. The summed E-state index contributed by atoms with van der Waals surface area (Å²) in [6.07, 6.45) is 1.43. The number of anilines is 1. The summed E-state index contributed by atoms with van der Waals surface area (Å²) < 4.78 is 5.24. The fourth-order valence-corrected chi connectivity index (χ4v) is 2.78. The van der Waals surface area contributed by atoms with Gasteiger partial charge in [-0.05, 0) is 23.9 Å². The molecule has 0 saturated carbocycles. The molecule has 0 saturated heterocycles. The molecule has 0 atom stereocenters. The fourth-order valence-electron chi connectivity index (χ4n) is 1.84. The quantitative estimate of drug-likeness (QED) is 0.717. The summed E-state index contributed by atoms with van der Waals surface area (Å²) in [6.45, 7) is 0.